The van der Waals surface area contributed by atoms with E-state index in [1.807, 2.05) is 0 Å². The molecule has 1 saturated heterocycles. The summed E-state index contributed by atoms with van der Waals surface area (Å²) in [7, 11) is 0. The molecule has 2 atom stereocenters. The normalized spacial score (nSPS) is 36.2. The summed E-state index contributed by atoms with van der Waals surface area (Å²) in [5.41, 5.74) is 0. The van der Waals surface area contributed by atoms with E-state index < -0.39 is 12.2 Å². The molecule has 12 heavy (non-hydrogen) atoms. The molecule has 0 saturated carbocycles. The first-order valence-corrected chi connectivity index (χ1v) is 4.19. The monoisotopic (exact) mass is 179 g/mol. The van der Waals surface area contributed by atoms with Gasteiger partial charge in [-0.15, -0.1) is 0 Å². The Morgan fingerprint density at radius 2 is 2.00 bits per heavy atom. The van der Waals surface area contributed by atoms with Crippen LogP contribution in [0.2, 0.25) is 0 Å². The molecule has 1 N–H and O–H groups in total. The van der Waals surface area contributed by atoms with Crippen LogP contribution in [-0.2, 0) is 0 Å². The fourth-order valence-corrected chi connectivity index (χ4v) is 1.86. The SMILES string of the molecule is CC(C)N1C(C)CC(F)(F)C1O. The van der Waals surface area contributed by atoms with Crippen LogP contribution in [0.25, 0.3) is 0 Å². The second kappa shape index (κ2) is 2.92. The molecular formula is C8H15F2NO. The third kappa shape index (κ3) is 1.45. The number of rotatable bonds is 1. The fourth-order valence-electron chi connectivity index (χ4n) is 1.86. The van der Waals surface area contributed by atoms with Crippen molar-refractivity contribution in [3.05, 3.63) is 0 Å². The molecule has 0 aromatic carbocycles. The van der Waals surface area contributed by atoms with Crippen molar-refractivity contribution in [2.24, 2.45) is 0 Å². The Morgan fingerprint density at radius 1 is 1.50 bits per heavy atom. The molecule has 0 aromatic heterocycles. The summed E-state index contributed by atoms with van der Waals surface area (Å²) in [5.74, 6) is -2.94. The van der Waals surface area contributed by atoms with E-state index in [1.165, 1.54) is 4.90 Å². The van der Waals surface area contributed by atoms with Crippen LogP contribution in [0.4, 0.5) is 8.78 Å². The van der Waals surface area contributed by atoms with Crippen LogP contribution < -0.4 is 0 Å². The molecule has 1 rings (SSSR count). The highest BCUT2D eigenvalue weighted by Crippen LogP contribution is 2.37. The van der Waals surface area contributed by atoms with Gasteiger partial charge in [0.15, 0.2) is 6.23 Å². The highest BCUT2D eigenvalue weighted by atomic mass is 19.3. The number of hydrogen-bond acceptors (Lipinski definition) is 2. The van der Waals surface area contributed by atoms with Gasteiger partial charge in [-0.1, -0.05) is 0 Å². The summed E-state index contributed by atoms with van der Waals surface area (Å²) < 4.78 is 25.8. The Balaban J connectivity index is 2.78. The third-order valence-electron chi connectivity index (χ3n) is 2.33. The van der Waals surface area contributed by atoms with Crippen molar-refractivity contribution in [2.75, 3.05) is 0 Å². The molecule has 2 unspecified atom stereocenters. The Bertz CT molecular complexity index is 172. The van der Waals surface area contributed by atoms with Gasteiger partial charge in [-0.2, -0.15) is 0 Å². The molecule has 0 spiro atoms. The van der Waals surface area contributed by atoms with Crippen LogP contribution >= 0.6 is 0 Å². The number of hydrogen-bond donors (Lipinski definition) is 1. The second-order valence-electron chi connectivity index (χ2n) is 3.73. The van der Waals surface area contributed by atoms with Crippen LogP contribution in [0.1, 0.15) is 27.2 Å². The minimum Gasteiger partial charge on any atom is -0.372 e. The number of aliphatic hydroxyl groups excluding tert-OH is 1. The van der Waals surface area contributed by atoms with Gasteiger partial charge in [-0.3, -0.25) is 4.90 Å². The molecule has 72 valence electrons. The smallest absolute Gasteiger partial charge is 0.288 e. The van der Waals surface area contributed by atoms with Gasteiger partial charge in [0.1, 0.15) is 0 Å². The minimum atomic E-state index is -2.94. The van der Waals surface area contributed by atoms with Gasteiger partial charge in [0.2, 0.25) is 0 Å². The summed E-state index contributed by atoms with van der Waals surface area (Å²) in [6.45, 7) is 5.33. The lowest BCUT2D eigenvalue weighted by Crippen LogP contribution is -2.44. The standard InChI is InChI=1S/C8H15F2NO/c1-5(2)11-6(3)4-8(9,10)7(11)12/h5-7,12H,4H2,1-3H3. The van der Waals surface area contributed by atoms with Gasteiger partial charge in [-0.05, 0) is 20.8 Å². The number of likely N-dealkylation sites (tertiary alicyclic amines) is 1. The minimum absolute atomic E-state index is 0.0385. The number of nitrogens with zero attached hydrogens (tertiary/aromatic N) is 1. The quantitative estimate of drug-likeness (QED) is 0.658. The maximum atomic E-state index is 12.9. The predicted molar refractivity (Wildman–Crippen MR) is 42.0 cm³/mol. The van der Waals surface area contributed by atoms with Crippen LogP contribution in [0.15, 0.2) is 0 Å². The number of alkyl halides is 2. The average Bonchev–Trinajstić information content (AvgIpc) is 2.02. The highest BCUT2D eigenvalue weighted by Gasteiger charge is 2.52. The van der Waals surface area contributed by atoms with Crippen LogP contribution in [0.3, 0.4) is 0 Å². The first-order chi connectivity index (χ1) is 5.36. The lowest BCUT2D eigenvalue weighted by Gasteiger charge is -2.29. The predicted octanol–water partition coefficient (Wildman–Crippen LogP) is 1.44. The van der Waals surface area contributed by atoms with Crippen LogP contribution in [0.5, 0.6) is 0 Å². The van der Waals surface area contributed by atoms with Gasteiger partial charge in [0, 0.05) is 18.5 Å². The molecule has 0 aliphatic carbocycles. The van der Waals surface area contributed by atoms with Crippen molar-refractivity contribution in [3.63, 3.8) is 0 Å². The molecular weight excluding hydrogens is 164 g/mol. The van der Waals surface area contributed by atoms with Crippen molar-refractivity contribution >= 4 is 0 Å². The maximum Gasteiger partial charge on any atom is 0.288 e. The molecule has 0 radical (unpaired) electrons. The third-order valence-corrected chi connectivity index (χ3v) is 2.33. The van der Waals surface area contributed by atoms with E-state index >= 15 is 0 Å². The first-order valence-electron chi connectivity index (χ1n) is 4.19. The zero-order valence-corrected chi connectivity index (χ0v) is 7.59. The van der Waals surface area contributed by atoms with E-state index in [0.717, 1.165) is 0 Å². The Labute approximate surface area is 71.2 Å². The zero-order valence-electron chi connectivity index (χ0n) is 7.59. The van der Waals surface area contributed by atoms with E-state index in [9.17, 15) is 13.9 Å². The van der Waals surface area contributed by atoms with Gasteiger partial charge in [-0.25, -0.2) is 8.78 Å². The van der Waals surface area contributed by atoms with Gasteiger partial charge in [0.25, 0.3) is 5.92 Å². The Morgan fingerprint density at radius 3 is 2.17 bits per heavy atom. The van der Waals surface area contributed by atoms with Gasteiger partial charge in [0.05, 0.1) is 0 Å². The van der Waals surface area contributed by atoms with Crippen molar-refractivity contribution in [3.8, 4) is 0 Å². The molecule has 0 aromatic rings. The lowest BCUT2D eigenvalue weighted by molar-refractivity contribution is -0.139. The van der Waals surface area contributed by atoms with Gasteiger partial charge >= 0.3 is 0 Å². The molecule has 1 aliphatic heterocycles. The average molecular weight is 179 g/mol. The summed E-state index contributed by atoms with van der Waals surface area (Å²) in [4.78, 5) is 1.44. The molecule has 1 fully saturated rings. The summed E-state index contributed by atoms with van der Waals surface area (Å²) in [6.07, 6.45) is -1.85. The molecule has 0 bridgehead atoms. The zero-order chi connectivity index (χ0) is 9.52. The van der Waals surface area contributed by atoms with Crippen LogP contribution in [0, 0.1) is 0 Å². The Kier molecular flexibility index (Phi) is 2.40. The molecule has 4 heteroatoms. The topological polar surface area (TPSA) is 23.5 Å². The lowest BCUT2D eigenvalue weighted by atomic mass is 10.2. The molecule has 1 heterocycles. The van der Waals surface area contributed by atoms with E-state index in [4.69, 9.17) is 0 Å². The first kappa shape index (κ1) is 9.86. The highest BCUT2D eigenvalue weighted by molar-refractivity contribution is 4.93. The van der Waals surface area contributed by atoms with E-state index in [0.29, 0.717) is 0 Å². The van der Waals surface area contributed by atoms with Crippen molar-refractivity contribution in [1.29, 1.82) is 0 Å². The van der Waals surface area contributed by atoms with Crippen molar-refractivity contribution in [2.45, 2.75) is 51.4 Å². The Hall–Kier alpha value is -0.220. The van der Waals surface area contributed by atoms with E-state index in [2.05, 4.69) is 0 Å². The van der Waals surface area contributed by atoms with Crippen molar-refractivity contribution < 1.29 is 13.9 Å². The van der Waals surface area contributed by atoms with E-state index in [-0.39, 0.29) is 18.5 Å². The molecule has 0 amide bonds. The van der Waals surface area contributed by atoms with Gasteiger partial charge < -0.3 is 5.11 Å². The van der Waals surface area contributed by atoms with Crippen molar-refractivity contribution in [1.82, 2.24) is 4.90 Å². The number of aliphatic hydroxyl groups is 1. The largest absolute Gasteiger partial charge is 0.372 e. The fraction of sp³-hybridized carbons (Fsp3) is 1.00. The number of halogens is 2. The van der Waals surface area contributed by atoms with E-state index in [1.54, 1.807) is 20.8 Å². The summed E-state index contributed by atoms with van der Waals surface area (Å²) in [6, 6.07) is -0.279. The second-order valence-corrected chi connectivity index (χ2v) is 3.73. The van der Waals surface area contributed by atoms with Crippen LogP contribution in [-0.4, -0.2) is 34.2 Å². The molecule has 2 nitrogen and oxygen atoms in total. The maximum absolute atomic E-state index is 12.9. The molecule has 1 aliphatic rings. The summed E-state index contributed by atoms with van der Waals surface area (Å²) >= 11 is 0. The summed E-state index contributed by atoms with van der Waals surface area (Å²) in [5, 5.41) is 9.23.